The highest BCUT2D eigenvalue weighted by Crippen LogP contribution is 2.35. The highest BCUT2D eigenvalue weighted by atomic mass is 32.2. The van der Waals surface area contributed by atoms with Gasteiger partial charge in [0.15, 0.2) is 0 Å². The Bertz CT molecular complexity index is 432. The van der Waals surface area contributed by atoms with Crippen LogP contribution in [0.2, 0.25) is 0 Å². The molecule has 4 aliphatic rings. The summed E-state index contributed by atoms with van der Waals surface area (Å²) >= 11 is 1.88. The summed E-state index contributed by atoms with van der Waals surface area (Å²) in [5.41, 5.74) is 10.7. The van der Waals surface area contributed by atoms with Crippen LogP contribution in [0.25, 0.3) is 0 Å². The third kappa shape index (κ3) is 3.61. The highest BCUT2D eigenvalue weighted by Gasteiger charge is 2.47. The van der Waals surface area contributed by atoms with Crippen LogP contribution >= 0.6 is 11.8 Å². The number of hydrogen-bond donors (Lipinski definition) is 3. The summed E-state index contributed by atoms with van der Waals surface area (Å²) < 4.78 is 17.4. The molecule has 8 heteroatoms. The second-order valence-electron chi connectivity index (χ2n) is 7.26. The minimum absolute atomic E-state index is 0.259. The predicted octanol–water partition coefficient (Wildman–Crippen LogP) is 0.983. The minimum Gasteiger partial charge on any atom is -0.381 e. The molecule has 4 rings (SSSR count). The lowest BCUT2D eigenvalue weighted by atomic mass is 9.95. The second-order valence-corrected chi connectivity index (χ2v) is 8.54. The number of fused-ring (bicyclic) bond motifs is 1. The van der Waals surface area contributed by atoms with Crippen LogP contribution in [0, 0.1) is 5.92 Å². The Labute approximate surface area is 148 Å². The summed E-state index contributed by atoms with van der Waals surface area (Å²) in [5, 5.41) is 2.61. The Kier molecular flexibility index (Phi) is 5.65. The number of thioether (sulfide) groups is 1. The van der Waals surface area contributed by atoms with E-state index in [1.54, 1.807) is 0 Å². The first-order chi connectivity index (χ1) is 11.7. The SMILES string of the molecule is COC1CCCC(OCC2NN3C(NNC3C3CCOC3C)S2)C1. The fourth-order valence-electron chi connectivity index (χ4n) is 4.29. The maximum atomic E-state index is 6.18. The van der Waals surface area contributed by atoms with Gasteiger partial charge in [0, 0.05) is 19.6 Å². The van der Waals surface area contributed by atoms with Crippen molar-refractivity contribution in [2.75, 3.05) is 20.3 Å². The van der Waals surface area contributed by atoms with Crippen molar-refractivity contribution in [3.8, 4) is 0 Å². The number of ether oxygens (including phenoxy) is 3. The molecule has 4 fully saturated rings. The van der Waals surface area contributed by atoms with Crippen molar-refractivity contribution >= 4 is 11.8 Å². The van der Waals surface area contributed by atoms with Crippen molar-refractivity contribution in [3.05, 3.63) is 0 Å². The molecule has 138 valence electrons. The molecule has 0 aromatic carbocycles. The van der Waals surface area contributed by atoms with E-state index in [0.29, 0.717) is 29.6 Å². The van der Waals surface area contributed by atoms with Crippen molar-refractivity contribution in [1.29, 1.82) is 0 Å². The van der Waals surface area contributed by atoms with Gasteiger partial charge in [-0.3, -0.25) is 0 Å². The van der Waals surface area contributed by atoms with Gasteiger partial charge in [-0.05, 0) is 39.0 Å². The van der Waals surface area contributed by atoms with Crippen LogP contribution in [0.1, 0.15) is 39.0 Å². The van der Waals surface area contributed by atoms with Crippen LogP contribution in [0.15, 0.2) is 0 Å². The summed E-state index contributed by atoms with van der Waals surface area (Å²) in [5.74, 6) is 0.510. The number of nitrogens with one attached hydrogen (secondary N) is 3. The van der Waals surface area contributed by atoms with Crippen LogP contribution in [-0.4, -0.2) is 60.7 Å². The van der Waals surface area contributed by atoms with Crippen molar-refractivity contribution in [3.63, 3.8) is 0 Å². The summed E-state index contributed by atoms with van der Waals surface area (Å²) in [6, 6.07) is 0. The number of nitrogens with zero attached hydrogens (tertiary/aromatic N) is 1. The first kappa shape index (κ1) is 17.5. The van der Waals surface area contributed by atoms with E-state index in [1.165, 1.54) is 12.8 Å². The molecule has 1 aliphatic carbocycles. The lowest BCUT2D eigenvalue weighted by Crippen LogP contribution is -2.51. The Morgan fingerprint density at radius 1 is 1.21 bits per heavy atom. The van der Waals surface area contributed by atoms with Crippen molar-refractivity contribution in [2.45, 2.75) is 74.4 Å². The zero-order valence-electron chi connectivity index (χ0n) is 14.6. The molecule has 0 amide bonds. The molecule has 0 bridgehead atoms. The van der Waals surface area contributed by atoms with Gasteiger partial charge < -0.3 is 14.2 Å². The molecule has 3 N–H and O–H groups in total. The summed E-state index contributed by atoms with van der Waals surface area (Å²) in [6.45, 7) is 3.78. The average Bonchev–Trinajstić information content (AvgIpc) is 3.28. The minimum atomic E-state index is 0.259. The largest absolute Gasteiger partial charge is 0.381 e. The first-order valence-electron chi connectivity index (χ1n) is 9.21. The zero-order valence-corrected chi connectivity index (χ0v) is 15.4. The van der Waals surface area contributed by atoms with E-state index in [4.69, 9.17) is 14.2 Å². The standard InChI is InChI=1S/C16H30N4O3S/c1-10-13(6-7-22-10)15-17-18-16-20(15)19-14(24-16)9-23-12-5-3-4-11(8-12)21-2/h10-19H,3-9H2,1-2H3. The topological polar surface area (TPSA) is 67.0 Å². The molecule has 24 heavy (non-hydrogen) atoms. The lowest BCUT2D eigenvalue weighted by Gasteiger charge is -2.30. The van der Waals surface area contributed by atoms with Gasteiger partial charge in [0.25, 0.3) is 0 Å². The smallest absolute Gasteiger partial charge is 0.137 e. The monoisotopic (exact) mass is 358 g/mol. The number of methoxy groups -OCH3 is 1. The number of rotatable bonds is 5. The zero-order chi connectivity index (χ0) is 16.5. The van der Waals surface area contributed by atoms with E-state index in [-0.39, 0.29) is 11.7 Å². The van der Waals surface area contributed by atoms with Gasteiger partial charge in [0.2, 0.25) is 0 Å². The Morgan fingerprint density at radius 2 is 2.08 bits per heavy atom. The predicted molar refractivity (Wildman–Crippen MR) is 92.7 cm³/mol. The molecular weight excluding hydrogens is 328 g/mol. The molecule has 0 aromatic rings. The highest BCUT2D eigenvalue weighted by molar-refractivity contribution is 8.00. The maximum absolute atomic E-state index is 6.18. The quantitative estimate of drug-likeness (QED) is 0.672. The number of hydrazine groups is 2. The van der Waals surface area contributed by atoms with Crippen LogP contribution in [0.3, 0.4) is 0 Å². The van der Waals surface area contributed by atoms with Crippen molar-refractivity contribution < 1.29 is 14.2 Å². The van der Waals surface area contributed by atoms with Gasteiger partial charge in [-0.15, -0.1) is 11.8 Å². The average molecular weight is 359 g/mol. The summed E-state index contributed by atoms with van der Waals surface area (Å²) in [7, 11) is 1.81. The fraction of sp³-hybridized carbons (Fsp3) is 1.00. The fourth-order valence-corrected chi connectivity index (χ4v) is 5.40. The van der Waals surface area contributed by atoms with Gasteiger partial charge in [0.1, 0.15) is 5.50 Å². The van der Waals surface area contributed by atoms with Gasteiger partial charge in [0.05, 0.1) is 36.5 Å². The molecule has 3 heterocycles. The molecule has 0 aromatic heterocycles. The summed E-state index contributed by atoms with van der Waals surface area (Å²) in [4.78, 5) is 0. The van der Waals surface area contributed by atoms with E-state index < -0.39 is 0 Å². The number of hydrogen-bond acceptors (Lipinski definition) is 8. The van der Waals surface area contributed by atoms with Gasteiger partial charge >= 0.3 is 0 Å². The van der Waals surface area contributed by atoms with Gasteiger partial charge in [-0.25, -0.2) is 16.3 Å². The second kappa shape index (κ2) is 7.75. The van der Waals surface area contributed by atoms with Crippen LogP contribution in [-0.2, 0) is 14.2 Å². The Hall–Kier alpha value is 0.0700. The third-order valence-electron chi connectivity index (χ3n) is 5.73. The molecule has 3 aliphatic heterocycles. The van der Waals surface area contributed by atoms with Gasteiger partial charge in [-0.2, -0.15) is 5.01 Å². The van der Waals surface area contributed by atoms with E-state index in [9.17, 15) is 0 Å². The van der Waals surface area contributed by atoms with Crippen LogP contribution in [0.4, 0.5) is 0 Å². The van der Waals surface area contributed by atoms with Crippen molar-refractivity contribution in [1.82, 2.24) is 21.3 Å². The molecule has 1 saturated carbocycles. The molecule has 7 nitrogen and oxygen atoms in total. The Balaban J connectivity index is 1.26. The van der Waals surface area contributed by atoms with E-state index in [0.717, 1.165) is 32.5 Å². The van der Waals surface area contributed by atoms with Crippen LogP contribution < -0.4 is 16.3 Å². The van der Waals surface area contributed by atoms with Crippen molar-refractivity contribution in [2.24, 2.45) is 5.92 Å². The van der Waals surface area contributed by atoms with Gasteiger partial charge in [-0.1, -0.05) is 0 Å². The molecule has 0 spiro atoms. The lowest BCUT2D eigenvalue weighted by molar-refractivity contribution is -0.0348. The third-order valence-corrected chi connectivity index (χ3v) is 6.90. The Morgan fingerprint density at radius 3 is 2.88 bits per heavy atom. The van der Waals surface area contributed by atoms with E-state index in [2.05, 4.69) is 28.2 Å². The maximum Gasteiger partial charge on any atom is 0.137 e. The molecular formula is C16H30N4O3S. The molecule has 7 unspecified atom stereocenters. The van der Waals surface area contributed by atoms with E-state index >= 15 is 0 Å². The molecule has 0 radical (unpaired) electrons. The van der Waals surface area contributed by atoms with Crippen LogP contribution in [0.5, 0.6) is 0 Å². The molecule has 3 saturated heterocycles. The normalized spacial score (nSPS) is 46.5. The molecule has 7 atom stereocenters. The van der Waals surface area contributed by atoms with E-state index in [1.807, 2.05) is 18.9 Å². The first-order valence-corrected chi connectivity index (χ1v) is 10.2. The summed E-state index contributed by atoms with van der Waals surface area (Å²) in [6.07, 6.45) is 6.96.